The Labute approximate surface area is 194 Å². The highest BCUT2D eigenvalue weighted by atomic mass is 32.2. The van der Waals surface area contributed by atoms with Crippen LogP contribution in [-0.2, 0) is 19.3 Å². The maximum atomic E-state index is 12.9. The van der Waals surface area contributed by atoms with Crippen LogP contribution in [0.2, 0.25) is 0 Å². The van der Waals surface area contributed by atoms with Crippen LogP contribution in [0.3, 0.4) is 0 Å². The summed E-state index contributed by atoms with van der Waals surface area (Å²) in [6, 6.07) is 8.93. The van der Waals surface area contributed by atoms with Gasteiger partial charge in [-0.25, -0.2) is 23.2 Å². The highest BCUT2D eigenvalue weighted by molar-refractivity contribution is 7.92. The van der Waals surface area contributed by atoms with E-state index in [1.807, 2.05) is 25.1 Å². The van der Waals surface area contributed by atoms with Crippen molar-refractivity contribution in [2.45, 2.75) is 44.4 Å². The molecule has 2 amide bonds. The lowest BCUT2D eigenvalue weighted by molar-refractivity contribution is 0.0985. The lowest BCUT2D eigenvalue weighted by Crippen LogP contribution is -2.44. The summed E-state index contributed by atoms with van der Waals surface area (Å²) in [5.41, 5.74) is 1.97. The van der Waals surface area contributed by atoms with Crippen LogP contribution in [0, 0.1) is 0 Å². The molecule has 178 valence electrons. The van der Waals surface area contributed by atoms with Crippen molar-refractivity contribution in [2.75, 3.05) is 42.3 Å². The first-order chi connectivity index (χ1) is 15.8. The third kappa shape index (κ3) is 4.67. The van der Waals surface area contributed by atoms with E-state index in [0.717, 1.165) is 5.56 Å². The molecule has 1 saturated carbocycles. The van der Waals surface area contributed by atoms with Crippen molar-refractivity contribution < 1.29 is 17.9 Å². The Balaban J connectivity index is 1.73. The molecule has 1 atom stereocenters. The van der Waals surface area contributed by atoms with Gasteiger partial charge < -0.3 is 20.3 Å². The van der Waals surface area contributed by atoms with E-state index in [-0.39, 0.29) is 17.8 Å². The average Bonchev–Trinajstić information content (AvgIpc) is 3.63. The second kappa shape index (κ2) is 9.26. The molecule has 0 radical (unpaired) electrons. The monoisotopic (exact) mass is 473 g/mol. The van der Waals surface area contributed by atoms with Gasteiger partial charge in [-0.1, -0.05) is 6.92 Å². The van der Waals surface area contributed by atoms with E-state index in [1.54, 1.807) is 19.1 Å². The number of rotatable bonds is 7. The molecule has 1 aromatic carbocycles. The molecule has 2 fully saturated rings. The van der Waals surface area contributed by atoms with Gasteiger partial charge in [0.1, 0.15) is 10.6 Å². The number of ether oxygens (including phenoxy) is 1. The van der Waals surface area contributed by atoms with Crippen molar-refractivity contribution in [3.05, 3.63) is 36.0 Å². The van der Waals surface area contributed by atoms with Crippen LogP contribution in [0.1, 0.15) is 39.3 Å². The standard InChI is InChI=1S/C23H31N5O4S/c1-4-24-22(29)25-18-8-6-17(7-9-18)21-26-19(23(10-11-23)33(30,31)5-2)14-20(27-21)28-12-13-32-15-16(28)3/h6-9,14,16H,4-5,10-13,15H2,1-3H3,(H2,24,25,29)/t16-/m0/s1. The minimum Gasteiger partial charge on any atom is -0.377 e. The van der Waals surface area contributed by atoms with Crippen molar-refractivity contribution in [2.24, 2.45) is 0 Å². The number of benzene rings is 1. The van der Waals surface area contributed by atoms with Gasteiger partial charge in [0, 0.05) is 36.2 Å². The number of nitrogens with one attached hydrogen (secondary N) is 2. The summed E-state index contributed by atoms with van der Waals surface area (Å²) >= 11 is 0. The molecule has 2 heterocycles. The number of nitrogens with zero attached hydrogens (tertiary/aromatic N) is 3. The molecule has 0 bridgehead atoms. The number of amides is 2. The quantitative estimate of drug-likeness (QED) is 0.636. The number of carbonyl (C=O) groups excluding carboxylic acids is 1. The van der Waals surface area contributed by atoms with Crippen LogP contribution in [0.5, 0.6) is 0 Å². The fraction of sp³-hybridized carbons (Fsp3) is 0.522. The van der Waals surface area contributed by atoms with Crippen LogP contribution in [0.15, 0.2) is 30.3 Å². The van der Waals surface area contributed by atoms with E-state index in [4.69, 9.17) is 14.7 Å². The van der Waals surface area contributed by atoms with Gasteiger partial charge in [0.05, 0.1) is 24.9 Å². The molecule has 4 rings (SSSR count). The first kappa shape index (κ1) is 23.4. The zero-order valence-electron chi connectivity index (χ0n) is 19.3. The molecule has 2 aromatic rings. The number of hydrogen-bond acceptors (Lipinski definition) is 7. The zero-order chi connectivity index (χ0) is 23.6. The van der Waals surface area contributed by atoms with Gasteiger partial charge in [0.25, 0.3) is 0 Å². The third-order valence-corrected chi connectivity index (χ3v) is 8.83. The topological polar surface area (TPSA) is 114 Å². The fourth-order valence-corrected chi connectivity index (χ4v) is 5.87. The Kier molecular flexibility index (Phi) is 6.58. The molecule has 2 aliphatic rings. The Hall–Kier alpha value is -2.72. The first-order valence-corrected chi connectivity index (χ1v) is 13.1. The van der Waals surface area contributed by atoms with E-state index in [2.05, 4.69) is 22.5 Å². The lowest BCUT2D eigenvalue weighted by Gasteiger charge is -2.34. The largest absolute Gasteiger partial charge is 0.377 e. The van der Waals surface area contributed by atoms with Gasteiger partial charge in [-0.3, -0.25) is 0 Å². The molecule has 0 spiro atoms. The maximum Gasteiger partial charge on any atom is 0.319 e. The van der Waals surface area contributed by atoms with E-state index in [1.165, 1.54) is 0 Å². The molecule has 9 nitrogen and oxygen atoms in total. The molecule has 1 saturated heterocycles. The average molecular weight is 474 g/mol. The number of aromatic nitrogens is 2. The summed E-state index contributed by atoms with van der Waals surface area (Å²) in [4.78, 5) is 23.5. The van der Waals surface area contributed by atoms with E-state index >= 15 is 0 Å². The smallest absolute Gasteiger partial charge is 0.319 e. The van der Waals surface area contributed by atoms with Crippen molar-refractivity contribution in [3.8, 4) is 11.4 Å². The first-order valence-electron chi connectivity index (χ1n) is 11.4. The van der Waals surface area contributed by atoms with Crippen LogP contribution in [0.25, 0.3) is 11.4 Å². The summed E-state index contributed by atoms with van der Waals surface area (Å²) in [6.07, 6.45) is 1.15. The molecule has 1 aromatic heterocycles. The minimum atomic E-state index is -3.31. The maximum absolute atomic E-state index is 12.9. The van der Waals surface area contributed by atoms with Gasteiger partial charge in [-0.15, -0.1) is 0 Å². The van der Waals surface area contributed by atoms with Crippen molar-refractivity contribution in [1.82, 2.24) is 15.3 Å². The Bertz CT molecular complexity index is 1120. The molecule has 2 N–H and O–H groups in total. The van der Waals surface area contributed by atoms with Gasteiger partial charge in [0.2, 0.25) is 0 Å². The number of sulfone groups is 1. The highest BCUT2D eigenvalue weighted by Gasteiger charge is 2.56. The molecular weight excluding hydrogens is 442 g/mol. The van der Waals surface area contributed by atoms with E-state index in [9.17, 15) is 13.2 Å². The second-order valence-corrected chi connectivity index (χ2v) is 11.1. The Morgan fingerprint density at radius 3 is 2.55 bits per heavy atom. The van der Waals surface area contributed by atoms with Gasteiger partial charge >= 0.3 is 6.03 Å². The summed E-state index contributed by atoms with van der Waals surface area (Å²) in [5.74, 6) is 1.27. The molecule has 33 heavy (non-hydrogen) atoms. The summed E-state index contributed by atoms with van der Waals surface area (Å²) in [5, 5.41) is 5.46. The van der Waals surface area contributed by atoms with Gasteiger partial charge in [0.15, 0.2) is 15.7 Å². The molecule has 10 heteroatoms. The number of morpholine rings is 1. The van der Waals surface area contributed by atoms with Crippen molar-refractivity contribution >= 4 is 27.4 Å². The van der Waals surface area contributed by atoms with Crippen LogP contribution < -0.4 is 15.5 Å². The van der Waals surface area contributed by atoms with Crippen LogP contribution in [0.4, 0.5) is 16.3 Å². The van der Waals surface area contributed by atoms with Crippen LogP contribution in [-0.4, -0.2) is 62.5 Å². The number of hydrogen-bond donors (Lipinski definition) is 2. The lowest BCUT2D eigenvalue weighted by atomic mass is 10.1. The van der Waals surface area contributed by atoms with Gasteiger partial charge in [-0.2, -0.15) is 0 Å². The zero-order valence-corrected chi connectivity index (χ0v) is 20.1. The minimum absolute atomic E-state index is 0.0792. The molecular formula is C23H31N5O4S. The van der Waals surface area contributed by atoms with E-state index in [0.29, 0.717) is 62.2 Å². The number of anilines is 2. The fourth-order valence-electron chi connectivity index (χ4n) is 4.17. The van der Waals surface area contributed by atoms with E-state index < -0.39 is 14.6 Å². The molecule has 0 unspecified atom stereocenters. The summed E-state index contributed by atoms with van der Waals surface area (Å²) in [7, 11) is -3.31. The van der Waals surface area contributed by atoms with Crippen LogP contribution >= 0.6 is 0 Å². The van der Waals surface area contributed by atoms with Crippen molar-refractivity contribution in [1.29, 1.82) is 0 Å². The predicted molar refractivity (Wildman–Crippen MR) is 128 cm³/mol. The second-order valence-electron chi connectivity index (χ2n) is 8.51. The highest BCUT2D eigenvalue weighted by Crippen LogP contribution is 2.53. The number of carbonyl (C=O) groups is 1. The predicted octanol–water partition coefficient (Wildman–Crippen LogP) is 2.93. The summed E-state index contributed by atoms with van der Waals surface area (Å²) < 4.78 is 30.5. The Morgan fingerprint density at radius 2 is 1.94 bits per heavy atom. The third-order valence-electron chi connectivity index (χ3n) is 6.26. The van der Waals surface area contributed by atoms with Crippen molar-refractivity contribution in [3.63, 3.8) is 0 Å². The number of urea groups is 1. The summed E-state index contributed by atoms with van der Waals surface area (Å²) in [6.45, 7) is 8.01. The van der Waals surface area contributed by atoms with Gasteiger partial charge in [-0.05, 0) is 51.0 Å². The Morgan fingerprint density at radius 1 is 1.21 bits per heavy atom. The SMILES string of the molecule is CCNC(=O)Nc1ccc(-c2nc(N3CCOC[C@@H]3C)cc(C3(S(=O)(=O)CC)CC3)n2)cc1. The molecule has 1 aliphatic carbocycles. The normalized spacial score (nSPS) is 19.7. The molecule has 1 aliphatic heterocycles.